The molecule has 39 nitrogen and oxygen atoms in total. The number of nitrogens with one attached hydrogen (secondary N) is 11. The number of likely N-dealkylation sites (tertiary alicyclic amines) is 5. The smallest absolute Gasteiger partial charge is 0.326 e. The summed E-state index contributed by atoms with van der Waals surface area (Å²) < 4.78 is 0. The molecule has 16 amide bonds. The molecule has 0 radical (unpaired) electrons. The predicted octanol–water partition coefficient (Wildman–Crippen LogP) is -6.25. The Hall–Kier alpha value is -10.3. The van der Waals surface area contributed by atoms with Crippen LogP contribution in [0.1, 0.15) is 137 Å². The fraction of sp³-hybridized carbons (Fsp3) is 0.667. The van der Waals surface area contributed by atoms with Crippen LogP contribution in [0.4, 0.5) is 0 Å². The monoisotopic (exact) mass is 1590 g/mol. The number of amides is 16. The first-order valence-corrected chi connectivity index (χ1v) is 39.5. The lowest BCUT2D eigenvalue weighted by Crippen LogP contribution is -2.59. The van der Waals surface area contributed by atoms with Crippen LogP contribution in [-0.4, -0.2) is 303 Å². The van der Waals surface area contributed by atoms with E-state index in [9.17, 15) is 91.7 Å². The summed E-state index contributed by atoms with van der Waals surface area (Å²) in [5, 5.41) is 47.7. The van der Waals surface area contributed by atoms with Crippen LogP contribution < -0.4 is 75.7 Å². The van der Waals surface area contributed by atoms with Gasteiger partial charge in [-0.05, 0) is 141 Å². The Morgan fingerprint density at radius 1 is 0.473 bits per heavy atom. The molecule has 5 saturated heterocycles. The molecule has 112 heavy (non-hydrogen) atoms. The number of aliphatic hydroxyl groups excluding tert-OH is 1. The Morgan fingerprint density at radius 2 is 0.911 bits per heavy atom. The van der Waals surface area contributed by atoms with Crippen molar-refractivity contribution < 1.29 is 91.7 Å². The van der Waals surface area contributed by atoms with Crippen molar-refractivity contribution >= 4 is 118 Å². The van der Waals surface area contributed by atoms with Crippen molar-refractivity contribution in [3.8, 4) is 0 Å². The van der Waals surface area contributed by atoms with Crippen LogP contribution in [0.2, 0.25) is 0 Å². The number of carbonyl (C=O) groups excluding carboxylic acids is 16. The van der Waals surface area contributed by atoms with E-state index in [1.807, 2.05) is 20.1 Å². The molecule has 5 heterocycles. The van der Waals surface area contributed by atoms with Crippen molar-refractivity contribution in [2.45, 2.75) is 222 Å². The molecule has 620 valence electrons. The van der Waals surface area contributed by atoms with E-state index in [1.54, 1.807) is 30.3 Å². The molecule has 0 saturated carbocycles. The Bertz CT molecular complexity index is 3590. The Labute approximate surface area is 654 Å². The molecule has 0 unspecified atom stereocenters. The maximum Gasteiger partial charge on any atom is 0.326 e. The predicted molar refractivity (Wildman–Crippen MR) is 406 cm³/mol. The second-order valence-corrected chi connectivity index (χ2v) is 30.1. The number of nitrogens with zero attached hydrogens (tertiary/aromatic N) is 6. The maximum absolute atomic E-state index is 14.7. The number of guanidine groups is 1. The molecule has 0 bridgehead atoms. The lowest BCUT2D eigenvalue weighted by atomic mass is 10.0. The average Bonchev–Trinajstić information content (AvgIpc) is 1.64. The highest BCUT2D eigenvalue weighted by atomic mass is 32.2. The van der Waals surface area contributed by atoms with Gasteiger partial charge in [-0.3, -0.25) is 81.7 Å². The van der Waals surface area contributed by atoms with Crippen LogP contribution >= 0.6 is 11.8 Å². The third-order valence-corrected chi connectivity index (χ3v) is 20.7. The molecule has 0 aliphatic carbocycles. The van der Waals surface area contributed by atoms with Gasteiger partial charge in [0.1, 0.15) is 78.5 Å². The van der Waals surface area contributed by atoms with E-state index in [0.717, 1.165) is 0 Å². The van der Waals surface area contributed by atoms with Crippen molar-refractivity contribution in [2.24, 2.45) is 28.1 Å². The fourth-order valence-corrected chi connectivity index (χ4v) is 14.5. The van der Waals surface area contributed by atoms with E-state index in [0.29, 0.717) is 43.4 Å². The van der Waals surface area contributed by atoms with Crippen molar-refractivity contribution in [1.29, 1.82) is 0 Å². The summed E-state index contributed by atoms with van der Waals surface area (Å²) in [6, 6.07) is -7.47. The van der Waals surface area contributed by atoms with E-state index >= 15 is 0 Å². The normalized spacial score (nSPS) is 20.4. The summed E-state index contributed by atoms with van der Waals surface area (Å²) in [5.74, 6) is -12.4. The molecular formula is C72H112N20O19S. The van der Waals surface area contributed by atoms with Crippen LogP contribution in [0.3, 0.4) is 0 Å². The van der Waals surface area contributed by atoms with Gasteiger partial charge in [0, 0.05) is 45.7 Å². The lowest BCUT2D eigenvalue weighted by molar-refractivity contribution is -0.144. The Balaban J connectivity index is 0.969. The van der Waals surface area contributed by atoms with E-state index < -0.39 is 211 Å². The number of nitrogens with two attached hydrogens (primary N) is 3. The highest BCUT2D eigenvalue weighted by Crippen LogP contribution is 2.25. The maximum atomic E-state index is 14.7. The van der Waals surface area contributed by atoms with E-state index in [4.69, 9.17) is 17.2 Å². The number of rotatable bonds is 40. The number of aliphatic imine (C=N–C) groups is 1. The summed E-state index contributed by atoms with van der Waals surface area (Å²) in [4.78, 5) is 241. The van der Waals surface area contributed by atoms with E-state index in [2.05, 4.69) is 63.5 Å². The molecule has 0 spiro atoms. The zero-order valence-electron chi connectivity index (χ0n) is 64.6. The van der Waals surface area contributed by atoms with Crippen molar-refractivity contribution in [1.82, 2.24) is 83.0 Å². The second-order valence-electron chi connectivity index (χ2n) is 29.1. The second kappa shape index (κ2) is 44.1. The summed E-state index contributed by atoms with van der Waals surface area (Å²) in [7, 11) is 0. The van der Waals surface area contributed by atoms with Gasteiger partial charge in [0.15, 0.2) is 5.96 Å². The molecule has 6 rings (SSSR count). The third-order valence-electron chi connectivity index (χ3n) is 20.0. The first-order chi connectivity index (χ1) is 53.1. The molecule has 1 aromatic rings. The molecule has 5 aliphatic rings. The topological polar surface area (TPSA) is 570 Å². The molecule has 14 atom stereocenters. The van der Waals surface area contributed by atoms with Crippen molar-refractivity contribution in [2.75, 3.05) is 77.5 Å². The van der Waals surface area contributed by atoms with Crippen LogP contribution in [0.25, 0.3) is 0 Å². The summed E-state index contributed by atoms with van der Waals surface area (Å²) in [6.45, 7) is 7.34. The minimum atomic E-state index is -1.39. The van der Waals surface area contributed by atoms with Gasteiger partial charge in [0.25, 0.3) is 0 Å². The summed E-state index contributed by atoms with van der Waals surface area (Å²) in [5.41, 5.74) is 17.3. The number of aliphatic carboxylic acids is 1. The molecular weight excluding hydrogens is 1480 g/mol. The number of benzene rings is 1. The number of carbonyl (C=O) groups is 17. The Morgan fingerprint density at radius 3 is 1.41 bits per heavy atom. The zero-order valence-corrected chi connectivity index (χ0v) is 65.4. The number of carboxylic acids is 1. The van der Waals surface area contributed by atoms with Gasteiger partial charge in [0.05, 0.1) is 32.3 Å². The van der Waals surface area contributed by atoms with Gasteiger partial charge >= 0.3 is 5.97 Å². The highest BCUT2D eigenvalue weighted by Gasteiger charge is 2.45. The highest BCUT2D eigenvalue weighted by molar-refractivity contribution is 7.98. The minimum absolute atomic E-state index is 0.0108. The standard InChI is InChI=1S/C72H112N20O19S/c1-39(2)33-47(62(101)84-46(19-11-26-76-72(74)75)70(109)92-31-16-24-54(92)67(106)83-45(25-32-112-7)61(100)86-48(71(110)111)34-44-17-9-8-10-18-44)85-66(105)52-22-13-28-89(52)56(95)36-78-59(98)41(4)81-64(103)51-21-12-27-88(51)57(96)37-79-63(102)50-20-14-29-90(50)69(108)43(6)82-65(104)53-23-15-30-91(53)68(107)42(5)80-55(94)35-77-60(99)49(38-93)87-58(97)40(3)73/h8-10,17-18,39-43,45-54,93H,11-16,19-38,73H2,1-7H3,(H,77,99)(H,78,98)(H,79,102)(H,80,94)(H,81,103)(H,82,104)(H,83,106)(H,84,101)(H,85,105)(H,86,100)(H,87,97)(H,110,111)(H4,74,75,76)/t40-,41-,42-,43-,45-,46-,47-,48-,49-,50-,51-,52-,53-,54-/m0/s1. The third kappa shape index (κ3) is 26.5. The summed E-state index contributed by atoms with van der Waals surface area (Å²) in [6.07, 6.45) is 5.25. The van der Waals surface area contributed by atoms with Crippen LogP contribution in [-0.2, 0) is 87.9 Å². The van der Waals surface area contributed by atoms with Crippen LogP contribution in [0.15, 0.2) is 35.3 Å². The van der Waals surface area contributed by atoms with Gasteiger partial charge < -0.3 is 110 Å². The molecule has 19 N–H and O–H groups in total. The van der Waals surface area contributed by atoms with Gasteiger partial charge in [-0.1, -0.05) is 44.2 Å². The number of thioether (sulfide) groups is 1. The zero-order chi connectivity index (χ0) is 82.6. The fourth-order valence-electron chi connectivity index (χ4n) is 14.1. The van der Waals surface area contributed by atoms with E-state index in [1.165, 1.54) is 64.0 Å². The van der Waals surface area contributed by atoms with E-state index in [-0.39, 0.29) is 115 Å². The van der Waals surface area contributed by atoms with Gasteiger partial charge in [-0.2, -0.15) is 11.8 Å². The first-order valence-electron chi connectivity index (χ1n) is 38.1. The molecule has 1 aromatic carbocycles. The number of aliphatic hydroxyl groups is 1. The largest absolute Gasteiger partial charge is 0.480 e. The molecule has 5 fully saturated rings. The Kier molecular flexibility index (Phi) is 35.7. The molecule has 0 aromatic heterocycles. The lowest BCUT2D eigenvalue weighted by Gasteiger charge is -2.31. The van der Waals surface area contributed by atoms with Crippen LogP contribution in [0, 0.1) is 5.92 Å². The number of hydrogen-bond acceptors (Lipinski definition) is 21. The van der Waals surface area contributed by atoms with Crippen LogP contribution in [0.5, 0.6) is 0 Å². The van der Waals surface area contributed by atoms with Gasteiger partial charge in [-0.25, -0.2) is 4.79 Å². The SMILES string of the molecule is CSCC[C@H](NC(=O)[C@@H]1CCCN1C(=O)[C@H](CCCN=C(N)N)NC(=O)[C@H](CC(C)C)NC(=O)[C@@H]1CCCN1C(=O)CNC(=O)[C@H](C)NC(=O)[C@@H]1CCCN1C(=O)CNC(=O)[C@@H]1CCCN1C(=O)[C@H](C)NC(=O)[C@@H]1CCCN1C(=O)[C@H](C)NC(=O)CNC(=O)[C@H](CO)NC(=O)[C@H](C)N)C(=O)N[C@@H](Cc1ccccc1)C(=O)O. The van der Waals surface area contributed by atoms with Crippen molar-refractivity contribution in [3.63, 3.8) is 0 Å². The van der Waals surface area contributed by atoms with Gasteiger partial charge in [-0.15, -0.1) is 0 Å². The number of hydrogen-bond donors (Lipinski definition) is 16. The average molecular weight is 1590 g/mol. The molecule has 5 aliphatic heterocycles. The first kappa shape index (κ1) is 90.6. The summed E-state index contributed by atoms with van der Waals surface area (Å²) >= 11 is 1.41. The molecule has 40 heteroatoms. The minimum Gasteiger partial charge on any atom is -0.480 e. The van der Waals surface area contributed by atoms with Crippen molar-refractivity contribution in [3.05, 3.63) is 35.9 Å². The quantitative estimate of drug-likeness (QED) is 0.0165. The van der Waals surface area contributed by atoms with Gasteiger partial charge in [0.2, 0.25) is 94.5 Å². The number of carboxylic acid groups (broad SMARTS) is 1.